The Labute approximate surface area is 73.8 Å². The van der Waals surface area contributed by atoms with Crippen molar-refractivity contribution in [1.82, 2.24) is 4.98 Å². The lowest BCUT2D eigenvalue weighted by Crippen LogP contribution is -1.81. The molecule has 0 atom stereocenters. The van der Waals surface area contributed by atoms with E-state index in [-0.39, 0.29) is 5.82 Å². The number of hydrogen-bond donors (Lipinski definition) is 0. The van der Waals surface area contributed by atoms with Gasteiger partial charge in [0.05, 0.1) is 11.7 Å². The first-order chi connectivity index (χ1) is 5.75. The molecule has 1 heterocycles. The van der Waals surface area contributed by atoms with E-state index >= 15 is 0 Å². The van der Waals surface area contributed by atoms with Crippen molar-refractivity contribution in [3.05, 3.63) is 41.3 Å². The molecule has 0 aliphatic rings. The molecule has 0 spiro atoms. The molecule has 59 valence electrons. The van der Waals surface area contributed by atoms with E-state index in [1.807, 2.05) is 0 Å². The molecular formula is C9H4ClFN. The van der Waals surface area contributed by atoms with E-state index in [1.54, 1.807) is 12.1 Å². The third kappa shape index (κ3) is 1.25. The van der Waals surface area contributed by atoms with Crippen molar-refractivity contribution in [1.29, 1.82) is 0 Å². The quantitative estimate of drug-likeness (QED) is 0.608. The van der Waals surface area contributed by atoms with Gasteiger partial charge >= 0.3 is 0 Å². The molecule has 0 amide bonds. The predicted molar refractivity (Wildman–Crippen MR) is 45.5 cm³/mol. The maximum Gasteiger partial charge on any atom is 0.142 e. The van der Waals surface area contributed by atoms with Crippen molar-refractivity contribution in [3.63, 3.8) is 0 Å². The lowest BCUT2D eigenvalue weighted by atomic mass is 10.2. The van der Waals surface area contributed by atoms with Crippen LogP contribution < -0.4 is 0 Å². The van der Waals surface area contributed by atoms with Crippen molar-refractivity contribution in [3.8, 4) is 0 Å². The zero-order valence-electron chi connectivity index (χ0n) is 6.01. The molecular weight excluding hydrogens is 177 g/mol. The van der Waals surface area contributed by atoms with Gasteiger partial charge in [0.2, 0.25) is 0 Å². The van der Waals surface area contributed by atoms with Crippen LogP contribution in [0.3, 0.4) is 0 Å². The SMILES string of the molecule is Fc1cnc2[c]cc(Cl)cc2c1. The number of aromatic nitrogens is 1. The van der Waals surface area contributed by atoms with Gasteiger partial charge in [-0.25, -0.2) is 4.39 Å². The largest absolute Gasteiger partial charge is 0.253 e. The van der Waals surface area contributed by atoms with E-state index in [2.05, 4.69) is 11.1 Å². The zero-order valence-corrected chi connectivity index (χ0v) is 6.77. The maximum absolute atomic E-state index is 12.6. The van der Waals surface area contributed by atoms with E-state index in [9.17, 15) is 4.39 Å². The zero-order chi connectivity index (χ0) is 8.55. The summed E-state index contributed by atoms with van der Waals surface area (Å²) >= 11 is 5.69. The molecule has 0 N–H and O–H groups in total. The molecule has 0 bridgehead atoms. The van der Waals surface area contributed by atoms with Gasteiger partial charge in [0.1, 0.15) is 5.82 Å². The number of fused-ring (bicyclic) bond motifs is 1. The van der Waals surface area contributed by atoms with Gasteiger partial charge in [-0.3, -0.25) is 4.98 Å². The van der Waals surface area contributed by atoms with E-state index < -0.39 is 0 Å². The third-order valence-electron chi connectivity index (χ3n) is 1.52. The van der Waals surface area contributed by atoms with Gasteiger partial charge in [0, 0.05) is 16.5 Å². The fourth-order valence-corrected chi connectivity index (χ4v) is 1.19. The number of rotatable bonds is 0. The van der Waals surface area contributed by atoms with Crippen molar-refractivity contribution in [2.75, 3.05) is 0 Å². The molecule has 0 aliphatic heterocycles. The molecule has 1 nitrogen and oxygen atoms in total. The highest BCUT2D eigenvalue weighted by Crippen LogP contribution is 2.17. The molecule has 0 saturated heterocycles. The number of nitrogens with zero attached hydrogens (tertiary/aromatic N) is 1. The minimum atomic E-state index is -0.363. The molecule has 0 saturated carbocycles. The Balaban J connectivity index is 2.80. The summed E-state index contributed by atoms with van der Waals surface area (Å²) in [5, 5.41) is 1.21. The van der Waals surface area contributed by atoms with E-state index in [0.29, 0.717) is 15.9 Å². The standard InChI is InChI=1S/C9H4ClFN/c10-7-1-2-9-6(3-7)4-8(11)5-12-9/h1,3-5H. The van der Waals surface area contributed by atoms with Crippen LogP contribution in [0, 0.1) is 11.9 Å². The van der Waals surface area contributed by atoms with Crippen LogP contribution >= 0.6 is 11.6 Å². The number of halogens is 2. The first kappa shape index (κ1) is 7.50. The Bertz CT molecular complexity index is 391. The number of hydrogen-bond acceptors (Lipinski definition) is 1. The molecule has 0 fully saturated rings. The van der Waals surface area contributed by atoms with Crippen LogP contribution in [0.25, 0.3) is 10.9 Å². The summed E-state index contributed by atoms with van der Waals surface area (Å²) in [5.74, 6) is -0.363. The first-order valence-corrected chi connectivity index (χ1v) is 3.76. The van der Waals surface area contributed by atoms with Crippen LogP contribution in [-0.2, 0) is 0 Å². The summed E-state index contributed by atoms with van der Waals surface area (Å²) < 4.78 is 12.6. The molecule has 3 heteroatoms. The second kappa shape index (κ2) is 2.72. The molecule has 1 aromatic carbocycles. The fraction of sp³-hybridized carbons (Fsp3) is 0. The van der Waals surface area contributed by atoms with E-state index in [4.69, 9.17) is 11.6 Å². The Morgan fingerprint density at radius 3 is 3.08 bits per heavy atom. The lowest BCUT2D eigenvalue weighted by Gasteiger charge is -1.95. The normalized spacial score (nSPS) is 10.5. The van der Waals surface area contributed by atoms with Gasteiger partial charge in [0.25, 0.3) is 0 Å². The monoisotopic (exact) mass is 180 g/mol. The minimum absolute atomic E-state index is 0.363. The van der Waals surface area contributed by atoms with Crippen LogP contribution in [-0.4, -0.2) is 4.98 Å². The van der Waals surface area contributed by atoms with Crippen molar-refractivity contribution in [2.24, 2.45) is 0 Å². The second-order valence-electron chi connectivity index (χ2n) is 2.41. The predicted octanol–water partition coefficient (Wildman–Crippen LogP) is 2.83. The molecule has 0 unspecified atom stereocenters. The first-order valence-electron chi connectivity index (χ1n) is 3.38. The van der Waals surface area contributed by atoms with Crippen molar-refractivity contribution < 1.29 is 4.39 Å². The molecule has 1 radical (unpaired) electrons. The Morgan fingerprint density at radius 2 is 2.25 bits per heavy atom. The summed E-state index contributed by atoms with van der Waals surface area (Å²) in [5.41, 5.74) is 0.626. The van der Waals surface area contributed by atoms with Crippen LogP contribution in [0.15, 0.2) is 24.4 Å². The molecule has 2 aromatic rings. The van der Waals surface area contributed by atoms with Gasteiger partial charge in [0.15, 0.2) is 0 Å². The summed E-state index contributed by atoms with van der Waals surface area (Å²) in [7, 11) is 0. The van der Waals surface area contributed by atoms with Crippen LogP contribution in [0.2, 0.25) is 5.02 Å². The van der Waals surface area contributed by atoms with Crippen LogP contribution in [0.4, 0.5) is 4.39 Å². The Hall–Kier alpha value is -1.15. The van der Waals surface area contributed by atoms with Crippen molar-refractivity contribution >= 4 is 22.5 Å². The Morgan fingerprint density at radius 1 is 1.42 bits per heavy atom. The van der Waals surface area contributed by atoms with Crippen LogP contribution in [0.5, 0.6) is 0 Å². The summed E-state index contributed by atoms with van der Waals surface area (Å²) in [4.78, 5) is 3.83. The third-order valence-corrected chi connectivity index (χ3v) is 1.74. The number of benzene rings is 1. The van der Waals surface area contributed by atoms with Gasteiger partial charge < -0.3 is 0 Å². The molecule has 0 aliphatic carbocycles. The maximum atomic E-state index is 12.6. The highest BCUT2D eigenvalue weighted by atomic mass is 35.5. The number of pyridine rings is 1. The van der Waals surface area contributed by atoms with Crippen LogP contribution in [0.1, 0.15) is 0 Å². The van der Waals surface area contributed by atoms with E-state index in [1.165, 1.54) is 6.07 Å². The molecule has 1 aromatic heterocycles. The van der Waals surface area contributed by atoms with Gasteiger partial charge in [-0.15, -0.1) is 0 Å². The summed E-state index contributed by atoms with van der Waals surface area (Å²) in [6.07, 6.45) is 1.16. The average Bonchev–Trinajstić information content (AvgIpc) is 2.03. The molecule has 12 heavy (non-hydrogen) atoms. The highest BCUT2D eigenvalue weighted by molar-refractivity contribution is 6.31. The summed E-state index contributed by atoms with van der Waals surface area (Å²) in [6.45, 7) is 0. The fourth-order valence-electron chi connectivity index (χ4n) is 1.01. The van der Waals surface area contributed by atoms with E-state index in [0.717, 1.165) is 6.20 Å². The topological polar surface area (TPSA) is 12.9 Å². The summed E-state index contributed by atoms with van der Waals surface area (Å²) in [6, 6.07) is 7.48. The highest BCUT2D eigenvalue weighted by Gasteiger charge is 1.97. The second-order valence-corrected chi connectivity index (χ2v) is 2.85. The smallest absolute Gasteiger partial charge is 0.142 e. The van der Waals surface area contributed by atoms with Gasteiger partial charge in [-0.1, -0.05) is 11.6 Å². The minimum Gasteiger partial charge on any atom is -0.253 e. The Kier molecular flexibility index (Phi) is 1.70. The average molecular weight is 181 g/mol. The lowest BCUT2D eigenvalue weighted by molar-refractivity contribution is 0.624. The molecule has 2 rings (SSSR count). The van der Waals surface area contributed by atoms with Gasteiger partial charge in [-0.2, -0.15) is 0 Å². The van der Waals surface area contributed by atoms with Crippen molar-refractivity contribution in [2.45, 2.75) is 0 Å². The van der Waals surface area contributed by atoms with Gasteiger partial charge in [-0.05, 0) is 18.2 Å².